The second-order valence-corrected chi connectivity index (χ2v) is 12.0. The van der Waals surface area contributed by atoms with Crippen molar-refractivity contribution in [2.75, 3.05) is 13.2 Å². The Hall–Kier alpha value is -3.11. The van der Waals surface area contributed by atoms with Crippen LogP contribution in [0.25, 0.3) is 11.1 Å². The summed E-state index contributed by atoms with van der Waals surface area (Å²) in [6, 6.07) is 23.4. The van der Waals surface area contributed by atoms with Crippen LogP contribution in [0.1, 0.15) is 139 Å². The molecule has 0 aliphatic rings. The summed E-state index contributed by atoms with van der Waals surface area (Å²) < 4.78 is 17.6. The summed E-state index contributed by atoms with van der Waals surface area (Å²) in [7, 11) is 0. The number of hydrogen-bond acceptors (Lipinski definition) is 4. The van der Waals surface area contributed by atoms with Gasteiger partial charge >= 0.3 is 5.97 Å². The van der Waals surface area contributed by atoms with E-state index >= 15 is 0 Å². The first-order valence-electron chi connectivity index (χ1n) is 17.4. The van der Waals surface area contributed by atoms with Crippen LogP contribution in [0.4, 0.5) is 0 Å². The molecule has 0 radical (unpaired) electrons. The molecule has 3 aromatic rings. The molecule has 0 aliphatic carbocycles. The second-order valence-electron chi connectivity index (χ2n) is 12.0. The number of esters is 1. The first kappa shape index (κ1) is 35.4. The van der Waals surface area contributed by atoms with E-state index in [0.29, 0.717) is 11.3 Å². The third kappa shape index (κ3) is 13.7. The van der Waals surface area contributed by atoms with Crippen LogP contribution in [0.3, 0.4) is 0 Å². The van der Waals surface area contributed by atoms with Gasteiger partial charge in [-0.15, -0.1) is 0 Å². The van der Waals surface area contributed by atoms with Crippen LogP contribution in [0.2, 0.25) is 0 Å². The molecule has 3 aromatic carbocycles. The summed E-state index contributed by atoms with van der Waals surface area (Å²) in [6.45, 7) is 8.09. The van der Waals surface area contributed by atoms with Crippen LogP contribution >= 0.6 is 0 Å². The third-order valence-corrected chi connectivity index (χ3v) is 8.25. The molecule has 0 amide bonds. The largest absolute Gasteiger partial charge is 0.494 e. The maximum Gasteiger partial charge on any atom is 0.343 e. The van der Waals surface area contributed by atoms with Crippen molar-refractivity contribution in [2.24, 2.45) is 0 Å². The van der Waals surface area contributed by atoms with Gasteiger partial charge in [-0.2, -0.15) is 0 Å². The van der Waals surface area contributed by atoms with Gasteiger partial charge in [0.2, 0.25) is 0 Å². The number of hydrogen-bond donors (Lipinski definition) is 0. The molecule has 1 unspecified atom stereocenters. The zero-order chi connectivity index (χ0) is 31.2. The zero-order valence-corrected chi connectivity index (χ0v) is 27.7. The average Bonchev–Trinajstić information content (AvgIpc) is 3.06. The minimum atomic E-state index is -0.363. The smallest absolute Gasteiger partial charge is 0.343 e. The van der Waals surface area contributed by atoms with E-state index in [-0.39, 0.29) is 12.1 Å². The Morgan fingerprint density at radius 3 is 1.52 bits per heavy atom. The first-order valence-corrected chi connectivity index (χ1v) is 17.4. The summed E-state index contributed by atoms with van der Waals surface area (Å²) in [5.41, 5.74) is 3.75. The molecule has 4 nitrogen and oxygen atoms in total. The normalized spacial score (nSPS) is 11.8. The van der Waals surface area contributed by atoms with Gasteiger partial charge in [0, 0.05) is 6.61 Å². The van der Waals surface area contributed by atoms with Crippen LogP contribution in [0.15, 0.2) is 72.8 Å². The quantitative estimate of drug-likeness (QED) is 0.0617. The van der Waals surface area contributed by atoms with Gasteiger partial charge in [-0.1, -0.05) is 134 Å². The maximum atomic E-state index is 12.7. The molecule has 44 heavy (non-hydrogen) atoms. The van der Waals surface area contributed by atoms with E-state index in [1.165, 1.54) is 83.5 Å². The number of ether oxygens (including phenoxy) is 3. The molecule has 0 fully saturated rings. The lowest BCUT2D eigenvalue weighted by atomic mass is 10.1. The molecule has 0 aliphatic heterocycles. The minimum absolute atomic E-state index is 0.00366. The Morgan fingerprint density at radius 1 is 0.545 bits per heavy atom. The SMILES string of the molecule is CCCCCCCCCCCCOc1ccc(-c2ccc(OC(=O)c3ccc(C(C)OCCCCCCC)cc3)cc2)cc1. The lowest BCUT2D eigenvalue weighted by Crippen LogP contribution is -2.09. The standard InChI is InChI=1S/C40H56O4/c1-4-6-8-10-11-12-13-14-16-18-32-43-38-27-23-35(24-28-38)36-25-29-39(30-26-36)44-40(41)37-21-19-34(20-22-37)33(3)42-31-17-15-9-7-5-2/h19-30,33H,4-18,31-32H2,1-3H3. The van der Waals surface area contributed by atoms with Crippen LogP contribution in [-0.4, -0.2) is 19.2 Å². The molecular weight excluding hydrogens is 544 g/mol. The highest BCUT2D eigenvalue weighted by molar-refractivity contribution is 5.91. The van der Waals surface area contributed by atoms with E-state index in [4.69, 9.17) is 14.2 Å². The Kier molecular flexibility index (Phi) is 17.3. The second kappa shape index (κ2) is 21.6. The van der Waals surface area contributed by atoms with Crippen molar-refractivity contribution in [1.29, 1.82) is 0 Å². The van der Waals surface area contributed by atoms with E-state index in [0.717, 1.165) is 48.5 Å². The predicted octanol–water partition coefficient (Wildman–Crippen LogP) is 11.9. The number of rotatable bonds is 23. The van der Waals surface area contributed by atoms with Gasteiger partial charge in [-0.05, 0) is 72.9 Å². The molecule has 240 valence electrons. The first-order chi connectivity index (χ1) is 21.6. The zero-order valence-electron chi connectivity index (χ0n) is 27.7. The fraction of sp³-hybridized carbons (Fsp3) is 0.525. The lowest BCUT2D eigenvalue weighted by Gasteiger charge is -2.14. The molecule has 0 saturated heterocycles. The number of carbonyl (C=O) groups excluding carboxylic acids is 1. The monoisotopic (exact) mass is 600 g/mol. The van der Waals surface area contributed by atoms with Crippen LogP contribution in [0, 0.1) is 0 Å². The summed E-state index contributed by atoms with van der Waals surface area (Å²) in [4.78, 5) is 12.7. The highest BCUT2D eigenvalue weighted by Gasteiger charge is 2.11. The number of benzene rings is 3. The van der Waals surface area contributed by atoms with Crippen molar-refractivity contribution in [3.8, 4) is 22.6 Å². The Labute approximate surface area is 267 Å². The van der Waals surface area contributed by atoms with Crippen LogP contribution in [0.5, 0.6) is 11.5 Å². The molecule has 0 bridgehead atoms. The Balaban J connectivity index is 1.34. The molecular formula is C40H56O4. The molecule has 1 atom stereocenters. The Bertz CT molecular complexity index is 1150. The van der Waals surface area contributed by atoms with Crippen molar-refractivity contribution in [1.82, 2.24) is 0 Å². The van der Waals surface area contributed by atoms with Crippen molar-refractivity contribution in [2.45, 2.75) is 123 Å². The summed E-state index contributed by atoms with van der Waals surface area (Å²) in [5, 5.41) is 0. The molecule has 0 N–H and O–H groups in total. The Morgan fingerprint density at radius 2 is 1.00 bits per heavy atom. The minimum Gasteiger partial charge on any atom is -0.494 e. The molecule has 0 heterocycles. The van der Waals surface area contributed by atoms with Crippen molar-refractivity contribution in [3.05, 3.63) is 83.9 Å². The molecule has 0 saturated carbocycles. The van der Waals surface area contributed by atoms with E-state index < -0.39 is 0 Å². The van der Waals surface area contributed by atoms with Gasteiger partial charge < -0.3 is 14.2 Å². The molecule has 3 rings (SSSR count). The highest BCUT2D eigenvalue weighted by Crippen LogP contribution is 2.26. The summed E-state index contributed by atoms with van der Waals surface area (Å²) in [6.07, 6.45) is 19.4. The highest BCUT2D eigenvalue weighted by atomic mass is 16.5. The van der Waals surface area contributed by atoms with Crippen LogP contribution < -0.4 is 9.47 Å². The van der Waals surface area contributed by atoms with E-state index in [9.17, 15) is 4.79 Å². The van der Waals surface area contributed by atoms with Crippen molar-refractivity contribution in [3.63, 3.8) is 0 Å². The summed E-state index contributed by atoms with van der Waals surface area (Å²) in [5.74, 6) is 1.07. The molecule has 0 aromatic heterocycles. The fourth-order valence-electron chi connectivity index (χ4n) is 5.36. The number of carbonyl (C=O) groups is 1. The van der Waals surface area contributed by atoms with Gasteiger partial charge in [-0.25, -0.2) is 4.79 Å². The third-order valence-electron chi connectivity index (χ3n) is 8.25. The predicted molar refractivity (Wildman–Crippen MR) is 184 cm³/mol. The summed E-state index contributed by atoms with van der Waals surface area (Å²) >= 11 is 0. The van der Waals surface area contributed by atoms with Gasteiger partial charge in [0.25, 0.3) is 0 Å². The lowest BCUT2D eigenvalue weighted by molar-refractivity contribution is 0.0626. The average molecular weight is 601 g/mol. The van der Waals surface area contributed by atoms with E-state index in [1.807, 2.05) is 60.7 Å². The van der Waals surface area contributed by atoms with Gasteiger partial charge in [-0.3, -0.25) is 0 Å². The molecule has 4 heteroatoms. The van der Waals surface area contributed by atoms with Crippen molar-refractivity contribution < 1.29 is 19.0 Å². The van der Waals surface area contributed by atoms with Crippen molar-refractivity contribution >= 4 is 5.97 Å². The topological polar surface area (TPSA) is 44.8 Å². The van der Waals surface area contributed by atoms with Gasteiger partial charge in [0.1, 0.15) is 11.5 Å². The van der Waals surface area contributed by atoms with Gasteiger partial charge in [0.15, 0.2) is 0 Å². The van der Waals surface area contributed by atoms with Crippen LogP contribution in [-0.2, 0) is 4.74 Å². The van der Waals surface area contributed by atoms with Gasteiger partial charge in [0.05, 0.1) is 18.3 Å². The van der Waals surface area contributed by atoms with E-state index in [2.05, 4.69) is 32.9 Å². The van der Waals surface area contributed by atoms with E-state index in [1.54, 1.807) is 0 Å². The fourth-order valence-corrected chi connectivity index (χ4v) is 5.36. The molecule has 0 spiro atoms. The maximum absolute atomic E-state index is 12.7. The number of unbranched alkanes of at least 4 members (excludes halogenated alkanes) is 13.